The normalized spacial score (nSPS) is 16.8. The molecular formula is C19H26ClN3O. The molecule has 1 aromatic heterocycles. The number of hydrogen-bond donors (Lipinski definition) is 1. The van der Waals surface area contributed by atoms with Crippen molar-refractivity contribution >= 4 is 18.3 Å². The monoisotopic (exact) mass is 347 g/mol. The van der Waals surface area contributed by atoms with E-state index in [0.717, 1.165) is 42.1 Å². The Kier molecular flexibility index (Phi) is 5.73. The molecule has 1 aromatic carbocycles. The Labute approximate surface area is 150 Å². The Balaban J connectivity index is 0.00000208. The molecule has 1 N–H and O–H groups in total. The zero-order valence-corrected chi connectivity index (χ0v) is 15.6. The van der Waals surface area contributed by atoms with E-state index in [1.807, 2.05) is 24.9 Å². The molecule has 2 aromatic rings. The van der Waals surface area contributed by atoms with E-state index in [4.69, 9.17) is 0 Å². The number of hydrogen-bond acceptors (Lipinski definition) is 2. The molecule has 24 heavy (non-hydrogen) atoms. The molecule has 0 saturated carbocycles. The van der Waals surface area contributed by atoms with E-state index in [9.17, 15) is 4.79 Å². The van der Waals surface area contributed by atoms with Crippen molar-refractivity contribution in [3.05, 3.63) is 52.8 Å². The summed E-state index contributed by atoms with van der Waals surface area (Å²) in [5.41, 5.74) is 5.24. The summed E-state index contributed by atoms with van der Waals surface area (Å²) in [6.45, 7) is 8.06. The first kappa shape index (κ1) is 18.6. The fourth-order valence-corrected chi connectivity index (χ4v) is 3.47. The molecule has 130 valence electrons. The third-order valence-corrected chi connectivity index (χ3v) is 4.82. The van der Waals surface area contributed by atoms with Gasteiger partial charge in [0.05, 0.1) is 5.56 Å². The molecule has 0 radical (unpaired) electrons. The van der Waals surface area contributed by atoms with Crippen molar-refractivity contribution in [2.45, 2.75) is 33.2 Å². The van der Waals surface area contributed by atoms with Gasteiger partial charge in [0.25, 0.3) is 5.91 Å². The largest absolute Gasteiger partial charge is 0.337 e. The van der Waals surface area contributed by atoms with Gasteiger partial charge >= 0.3 is 0 Å². The first-order chi connectivity index (χ1) is 11.0. The molecule has 0 bridgehead atoms. The third kappa shape index (κ3) is 3.35. The number of nitrogens with one attached hydrogen (secondary N) is 1. The van der Waals surface area contributed by atoms with Gasteiger partial charge in [-0.2, -0.15) is 0 Å². The minimum atomic E-state index is 0. The average molecular weight is 348 g/mol. The molecule has 0 aliphatic carbocycles. The lowest BCUT2D eigenvalue weighted by atomic mass is 10.1. The molecule has 3 rings (SSSR count). The Bertz CT molecular complexity index is 732. The maximum Gasteiger partial charge on any atom is 0.255 e. The molecule has 2 heterocycles. The number of likely N-dealkylation sites (N-methyl/N-ethyl adjacent to an activating group) is 1. The smallest absolute Gasteiger partial charge is 0.255 e. The van der Waals surface area contributed by atoms with Crippen LogP contribution in [-0.2, 0) is 0 Å². The van der Waals surface area contributed by atoms with Crippen LogP contribution >= 0.6 is 12.4 Å². The fourth-order valence-electron chi connectivity index (χ4n) is 3.47. The van der Waals surface area contributed by atoms with Crippen molar-refractivity contribution in [1.29, 1.82) is 0 Å². The van der Waals surface area contributed by atoms with E-state index >= 15 is 0 Å². The molecule has 1 aliphatic heterocycles. The van der Waals surface area contributed by atoms with Crippen LogP contribution in [-0.4, -0.2) is 41.6 Å². The second-order valence-corrected chi connectivity index (χ2v) is 6.52. The van der Waals surface area contributed by atoms with Crippen LogP contribution in [0.3, 0.4) is 0 Å². The quantitative estimate of drug-likeness (QED) is 0.925. The molecule has 4 nitrogen and oxygen atoms in total. The van der Waals surface area contributed by atoms with Gasteiger partial charge in [-0.1, -0.05) is 12.1 Å². The average Bonchev–Trinajstić information content (AvgIpc) is 3.14. The third-order valence-electron chi connectivity index (χ3n) is 4.82. The minimum Gasteiger partial charge on any atom is -0.337 e. The lowest BCUT2D eigenvalue weighted by molar-refractivity contribution is 0.0743. The number of halogens is 1. The number of nitrogens with zero attached hydrogens (tertiary/aromatic N) is 2. The second kappa shape index (κ2) is 7.41. The zero-order valence-electron chi connectivity index (χ0n) is 14.8. The van der Waals surface area contributed by atoms with Crippen LogP contribution in [0.4, 0.5) is 0 Å². The van der Waals surface area contributed by atoms with Gasteiger partial charge in [0.1, 0.15) is 0 Å². The first-order valence-electron chi connectivity index (χ1n) is 8.23. The van der Waals surface area contributed by atoms with E-state index in [1.54, 1.807) is 0 Å². The van der Waals surface area contributed by atoms with Gasteiger partial charge in [-0.25, -0.2) is 0 Å². The van der Waals surface area contributed by atoms with E-state index in [-0.39, 0.29) is 18.3 Å². The van der Waals surface area contributed by atoms with E-state index in [2.05, 4.69) is 48.0 Å². The SMILES string of the molecule is Cc1cccc(-n2c(C)cc(C(=O)N(C)C3CCNC3)c2C)c1.Cl. The van der Waals surface area contributed by atoms with Crippen LogP contribution in [0.25, 0.3) is 5.69 Å². The molecule has 1 saturated heterocycles. The van der Waals surface area contributed by atoms with Crippen LogP contribution in [0, 0.1) is 20.8 Å². The summed E-state index contributed by atoms with van der Waals surface area (Å²) >= 11 is 0. The molecule has 0 spiro atoms. The van der Waals surface area contributed by atoms with E-state index < -0.39 is 0 Å². The van der Waals surface area contributed by atoms with Crippen molar-refractivity contribution in [3.63, 3.8) is 0 Å². The van der Waals surface area contributed by atoms with Crippen molar-refractivity contribution in [2.75, 3.05) is 20.1 Å². The van der Waals surface area contributed by atoms with Gasteiger partial charge < -0.3 is 14.8 Å². The highest BCUT2D eigenvalue weighted by Gasteiger charge is 2.26. The van der Waals surface area contributed by atoms with Gasteiger partial charge in [-0.15, -0.1) is 12.4 Å². The molecule has 1 fully saturated rings. The van der Waals surface area contributed by atoms with Crippen LogP contribution in [0.5, 0.6) is 0 Å². The Morgan fingerprint density at radius 3 is 2.62 bits per heavy atom. The number of benzene rings is 1. The highest BCUT2D eigenvalue weighted by atomic mass is 35.5. The standard InChI is InChI=1S/C19H25N3O.ClH/c1-13-6-5-7-16(10-13)22-14(2)11-18(15(22)3)19(23)21(4)17-8-9-20-12-17;/h5-7,10-11,17,20H,8-9,12H2,1-4H3;1H. The van der Waals surface area contributed by atoms with Gasteiger partial charge in [0.2, 0.25) is 0 Å². The summed E-state index contributed by atoms with van der Waals surface area (Å²) in [6.07, 6.45) is 1.03. The summed E-state index contributed by atoms with van der Waals surface area (Å²) in [5.74, 6) is 0.116. The van der Waals surface area contributed by atoms with Gasteiger partial charge in [-0.3, -0.25) is 4.79 Å². The maximum atomic E-state index is 12.9. The summed E-state index contributed by atoms with van der Waals surface area (Å²) in [7, 11) is 1.92. The highest BCUT2D eigenvalue weighted by Crippen LogP contribution is 2.23. The first-order valence-corrected chi connectivity index (χ1v) is 8.23. The van der Waals surface area contributed by atoms with Crippen molar-refractivity contribution in [3.8, 4) is 5.69 Å². The lowest BCUT2D eigenvalue weighted by Crippen LogP contribution is -2.38. The molecule has 5 heteroatoms. The minimum absolute atomic E-state index is 0. The predicted octanol–water partition coefficient (Wildman–Crippen LogP) is 3.26. The summed E-state index contributed by atoms with van der Waals surface area (Å²) < 4.78 is 2.17. The Hall–Kier alpha value is -1.78. The van der Waals surface area contributed by atoms with Crippen molar-refractivity contribution in [1.82, 2.24) is 14.8 Å². The number of rotatable bonds is 3. The molecule has 1 atom stereocenters. The van der Waals surface area contributed by atoms with Crippen LogP contribution in [0.1, 0.15) is 33.7 Å². The number of carbonyl (C=O) groups excluding carboxylic acids is 1. The lowest BCUT2D eigenvalue weighted by Gasteiger charge is -2.23. The topological polar surface area (TPSA) is 37.3 Å². The highest BCUT2D eigenvalue weighted by molar-refractivity contribution is 5.96. The number of carbonyl (C=O) groups is 1. The number of aromatic nitrogens is 1. The van der Waals surface area contributed by atoms with Crippen molar-refractivity contribution in [2.24, 2.45) is 0 Å². The van der Waals surface area contributed by atoms with Crippen LogP contribution in [0.15, 0.2) is 30.3 Å². The van der Waals surface area contributed by atoms with E-state index in [1.165, 1.54) is 5.56 Å². The molecule has 1 unspecified atom stereocenters. The molecular weight excluding hydrogens is 322 g/mol. The fraction of sp³-hybridized carbons (Fsp3) is 0.421. The predicted molar refractivity (Wildman–Crippen MR) is 101 cm³/mol. The van der Waals surface area contributed by atoms with Crippen LogP contribution in [0.2, 0.25) is 0 Å². The summed E-state index contributed by atoms with van der Waals surface area (Å²) in [4.78, 5) is 14.8. The molecule has 1 amide bonds. The zero-order chi connectivity index (χ0) is 16.6. The Morgan fingerprint density at radius 2 is 2.00 bits per heavy atom. The molecule has 1 aliphatic rings. The summed E-state index contributed by atoms with van der Waals surface area (Å²) in [5, 5.41) is 3.32. The Morgan fingerprint density at radius 1 is 1.25 bits per heavy atom. The van der Waals surface area contributed by atoms with Gasteiger partial charge in [0, 0.05) is 36.7 Å². The number of aryl methyl sites for hydroxylation is 2. The van der Waals surface area contributed by atoms with E-state index in [0.29, 0.717) is 6.04 Å². The second-order valence-electron chi connectivity index (χ2n) is 6.52. The van der Waals surface area contributed by atoms with Gasteiger partial charge in [-0.05, 0) is 57.5 Å². The van der Waals surface area contributed by atoms with Crippen molar-refractivity contribution < 1.29 is 4.79 Å². The number of amides is 1. The summed E-state index contributed by atoms with van der Waals surface area (Å²) in [6, 6.07) is 10.7. The van der Waals surface area contributed by atoms with Gasteiger partial charge in [0.15, 0.2) is 0 Å². The maximum absolute atomic E-state index is 12.9. The van der Waals surface area contributed by atoms with Crippen LogP contribution < -0.4 is 5.32 Å².